The Morgan fingerprint density at radius 1 is 1.25 bits per heavy atom. The molecule has 2 N–H and O–H groups in total. The van der Waals surface area contributed by atoms with Crippen molar-refractivity contribution in [2.45, 2.75) is 39.2 Å². The lowest BCUT2D eigenvalue weighted by atomic mass is 10.0. The zero-order chi connectivity index (χ0) is 19.7. The fourth-order valence-corrected chi connectivity index (χ4v) is 4.27. The molecule has 2 atom stereocenters. The smallest absolute Gasteiger partial charge is 0.279 e. The number of benzene rings is 1. The zero-order valence-corrected chi connectivity index (χ0v) is 16.9. The fourth-order valence-electron chi connectivity index (χ4n) is 4.27. The third kappa shape index (κ3) is 3.71. The minimum atomic E-state index is 0.0374. The topological polar surface area (TPSA) is 69.8 Å². The number of nitrogens with zero attached hydrogens (tertiary/aromatic N) is 2. The lowest BCUT2D eigenvalue weighted by Crippen LogP contribution is -3.11. The van der Waals surface area contributed by atoms with Crippen molar-refractivity contribution in [3.8, 4) is 11.5 Å². The van der Waals surface area contributed by atoms with E-state index in [0.717, 1.165) is 54.4 Å². The van der Waals surface area contributed by atoms with Gasteiger partial charge in [-0.3, -0.25) is 9.48 Å². The number of hydrogen-bond acceptors (Lipinski definition) is 4. The molecule has 4 rings (SSSR count). The molecule has 0 aliphatic carbocycles. The van der Waals surface area contributed by atoms with Crippen LogP contribution in [0.2, 0.25) is 0 Å². The number of ether oxygens (including phenoxy) is 2. The molecule has 0 bridgehead atoms. The largest absolute Gasteiger partial charge is 0.490 e. The average Bonchev–Trinajstić information content (AvgIpc) is 3.11. The number of amides is 1. The maximum absolute atomic E-state index is 12.7. The van der Waals surface area contributed by atoms with Gasteiger partial charge in [-0.15, -0.1) is 0 Å². The van der Waals surface area contributed by atoms with Crippen molar-refractivity contribution < 1.29 is 19.2 Å². The van der Waals surface area contributed by atoms with E-state index in [-0.39, 0.29) is 5.91 Å². The second-order valence-corrected chi connectivity index (χ2v) is 7.75. The van der Waals surface area contributed by atoms with E-state index in [2.05, 4.69) is 22.5 Å². The molecule has 0 spiro atoms. The SMILES string of the molecule is Cc1nn(C)c(C)c1NC(=O)C[NH+]1CCC[C@H]1c1ccc2c(c1)OCCCO2. The second kappa shape index (κ2) is 7.83. The van der Waals surface area contributed by atoms with Crippen LogP contribution < -0.4 is 19.7 Å². The van der Waals surface area contributed by atoms with Crippen molar-refractivity contribution in [1.82, 2.24) is 9.78 Å². The Morgan fingerprint density at radius 3 is 2.79 bits per heavy atom. The molecule has 0 saturated carbocycles. The number of nitrogens with one attached hydrogen (secondary N) is 2. The quantitative estimate of drug-likeness (QED) is 0.838. The molecule has 7 nitrogen and oxygen atoms in total. The van der Waals surface area contributed by atoms with Crippen LogP contribution in [-0.4, -0.2) is 42.0 Å². The molecule has 150 valence electrons. The summed E-state index contributed by atoms with van der Waals surface area (Å²) in [6, 6.07) is 6.54. The van der Waals surface area contributed by atoms with E-state index in [4.69, 9.17) is 9.47 Å². The van der Waals surface area contributed by atoms with E-state index in [1.165, 1.54) is 10.5 Å². The molecule has 3 heterocycles. The molecule has 1 saturated heterocycles. The molecule has 2 aromatic rings. The van der Waals surface area contributed by atoms with Gasteiger partial charge in [0.1, 0.15) is 6.04 Å². The van der Waals surface area contributed by atoms with Crippen LogP contribution >= 0.6 is 0 Å². The number of quaternary nitrogens is 1. The maximum Gasteiger partial charge on any atom is 0.279 e. The van der Waals surface area contributed by atoms with Crippen LogP contribution in [0.15, 0.2) is 18.2 Å². The normalized spacial score (nSPS) is 21.4. The highest BCUT2D eigenvalue weighted by Gasteiger charge is 2.32. The van der Waals surface area contributed by atoms with E-state index >= 15 is 0 Å². The number of anilines is 1. The van der Waals surface area contributed by atoms with Gasteiger partial charge < -0.3 is 19.7 Å². The van der Waals surface area contributed by atoms with Crippen LogP contribution in [0.5, 0.6) is 11.5 Å². The third-order valence-corrected chi connectivity index (χ3v) is 5.82. The highest BCUT2D eigenvalue weighted by Crippen LogP contribution is 2.33. The summed E-state index contributed by atoms with van der Waals surface area (Å²) in [5.41, 5.74) is 3.88. The first kappa shape index (κ1) is 18.8. The monoisotopic (exact) mass is 385 g/mol. The van der Waals surface area contributed by atoms with Gasteiger partial charge in [0.2, 0.25) is 0 Å². The Kier molecular flexibility index (Phi) is 5.26. The van der Waals surface area contributed by atoms with E-state index in [1.54, 1.807) is 4.68 Å². The Labute approximate surface area is 165 Å². The van der Waals surface area contributed by atoms with Gasteiger partial charge in [0.25, 0.3) is 5.91 Å². The van der Waals surface area contributed by atoms with Crippen molar-refractivity contribution in [2.75, 3.05) is 31.6 Å². The van der Waals surface area contributed by atoms with Crippen molar-refractivity contribution >= 4 is 11.6 Å². The first-order valence-corrected chi connectivity index (χ1v) is 10.1. The number of aromatic nitrogens is 2. The van der Waals surface area contributed by atoms with Crippen LogP contribution in [0.25, 0.3) is 0 Å². The minimum absolute atomic E-state index is 0.0374. The van der Waals surface area contributed by atoms with Gasteiger partial charge in [0.15, 0.2) is 18.0 Å². The molecule has 28 heavy (non-hydrogen) atoms. The molecule has 7 heteroatoms. The van der Waals surface area contributed by atoms with Crippen molar-refractivity contribution in [3.63, 3.8) is 0 Å². The third-order valence-electron chi connectivity index (χ3n) is 5.82. The summed E-state index contributed by atoms with van der Waals surface area (Å²) in [6.45, 7) is 6.72. The summed E-state index contributed by atoms with van der Waals surface area (Å²) < 4.78 is 13.4. The van der Waals surface area contributed by atoms with Crippen LogP contribution in [-0.2, 0) is 11.8 Å². The maximum atomic E-state index is 12.7. The first-order chi connectivity index (χ1) is 13.5. The number of aryl methyl sites for hydroxylation is 2. The minimum Gasteiger partial charge on any atom is -0.490 e. The van der Waals surface area contributed by atoms with Gasteiger partial charge in [-0.25, -0.2) is 0 Å². The Morgan fingerprint density at radius 2 is 2.04 bits per heavy atom. The molecule has 0 radical (unpaired) electrons. The van der Waals surface area contributed by atoms with E-state index in [9.17, 15) is 4.79 Å². The first-order valence-electron chi connectivity index (χ1n) is 10.1. The molecule has 2 aliphatic rings. The van der Waals surface area contributed by atoms with Gasteiger partial charge in [0.05, 0.1) is 36.8 Å². The summed E-state index contributed by atoms with van der Waals surface area (Å²) in [6.07, 6.45) is 3.10. The lowest BCUT2D eigenvalue weighted by Gasteiger charge is -2.22. The summed E-state index contributed by atoms with van der Waals surface area (Å²) >= 11 is 0. The number of likely N-dealkylation sites (tertiary alicyclic amines) is 1. The number of carbonyl (C=O) groups is 1. The van der Waals surface area contributed by atoms with Crippen molar-refractivity contribution in [3.05, 3.63) is 35.2 Å². The molecule has 2 aliphatic heterocycles. The van der Waals surface area contributed by atoms with Crippen molar-refractivity contribution in [2.24, 2.45) is 7.05 Å². The highest BCUT2D eigenvalue weighted by molar-refractivity contribution is 5.92. The summed E-state index contributed by atoms with van der Waals surface area (Å²) in [5.74, 6) is 1.68. The highest BCUT2D eigenvalue weighted by atomic mass is 16.5. The molecule has 1 aromatic heterocycles. The Bertz CT molecular complexity index is 877. The second-order valence-electron chi connectivity index (χ2n) is 7.75. The number of rotatable bonds is 4. The molecular formula is C21H29N4O3+. The average molecular weight is 385 g/mol. The van der Waals surface area contributed by atoms with E-state index < -0.39 is 0 Å². The predicted molar refractivity (Wildman–Crippen MR) is 106 cm³/mol. The Balaban J connectivity index is 1.46. The molecule has 1 aromatic carbocycles. The van der Waals surface area contributed by atoms with Crippen LogP contribution in [0, 0.1) is 13.8 Å². The van der Waals surface area contributed by atoms with Crippen molar-refractivity contribution in [1.29, 1.82) is 0 Å². The van der Waals surface area contributed by atoms with Crippen LogP contribution in [0.1, 0.15) is 42.3 Å². The molecular weight excluding hydrogens is 356 g/mol. The summed E-state index contributed by atoms with van der Waals surface area (Å²) in [5, 5.41) is 7.44. The fraction of sp³-hybridized carbons (Fsp3) is 0.524. The van der Waals surface area contributed by atoms with Crippen LogP contribution in [0.3, 0.4) is 0 Å². The van der Waals surface area contributed by atoms with Gasteiger partial charge in [0, 0.05) is 31.9 Å². The molecule has 1 fully saturated rings. The van der Waals surface area contributed by atoms with Gasteiger partial charge in [-0.1, -0.05) is 0 Å². The van der Waals surface area contributed by atoms with E-state index in [1.807, 2.05) is 27.0 Å². The number of fused-ring (bicyclic) bond motifs is 1. The van der Waals surface area contributed by atoms with Crippen LogP contribution in [0.4, 0.5) is 5.69 Å². The summed E-state index contributed by atoms with van der Waals surface area (Å²) in [7, 11) is 1.89. The van der Waals surface area contributed by atoms with E-state index in [0.29, 0.717) is 25.8 Å². The van der Waals surface area contributed by atoms with Gasteiger partial charge in [-0.05, 0) is 32.0 Å². The number of carbonyl (C=O) groups excluding carboxylic acids is 1. The number of hydrogen-bond donors (Lipinski definition) is 2. The predicted octanol–water partition coefficient (Wildman–Crippen LogP) is 1.56. The van der Waals surface area contributed by atoms with Gasteiger partial charge >= 0.3 is 0 Å². The lowest BCUT2D eigenvalue weighted by molar-refractivity contribution is -0.910. The van der Waals surface area contributed by atoms with Gasteiger partial charge in [-0.2, -0.15) is 5.10 Å². The zero-order valence-electron chi connectivity index (χ0n) is 16.9. The molecule has 1 amide bonds. The standard InChI is InChI=1S/C21H28N4O3/c1-14-21(15(2)24(3)23-14)22-20(26)13-25-9-4-6-17(25)16-7-8-18-19(12-16)28-11-5-10-27-18/h7-8,12,17H,4-6,9-11,13H2,1-3H3,(H,22,26)/p+1/t17-/m0/s1. The molecule has 1 unspecified atom stereocenters. The Hall–Kier alpha value is -2.54. The summed E-state index contributed by atoms with van der Waals surface area (Å²) in [4.78, 5) is 14.0.